The van der Waals surface area contributed by atoms with E-state index in [1.165, 1.54) is 0 Å². The van der Waals surface area contributed by atoms with E-state index in [-0.39, 0.29) is 0 Å². The average Bonchev–Trinajstić information content (AvgIpc) is 2.24. The molecule has 0 aromatic heterocycles. The van der Waals surface area contributed by atoms with Crippen LogP contribution in [0.1, 0.15) is 26.7 Å². The maximum atomic E-state index is 10.5. The van der Waals surface area contributed by atoms with Gasteiger partial charge in [0.1, 0.15) is 0 Å². The number of carbonyl (C=O) groups excluding carboxylic acids is 1. The Bertz CT molecular complexity index is 198. The van der Waals surface area contributed by atoms with Crippen molar-refractivity contribution in [2.24, 2.45) is 5.73 Å². The Kier molecular flexibility index (Phi) is 8.17. The minimum Gasteiger partial charge on any atom is -0.380 e. The van der Waals surface area contributed by atoms with E-state index in [2.05, 4.69) is 5.32 Å². The predicted octanol–water partition coefficient (Wildman–Crippen LogP) is -0.541. The number of nitrogens with one attached hydrogen (secondary N) is 1. The third-order valence-electron chi connectivity index (χ3n) is 2.00. The van der Waals surface area contributed by atoms with Gasteiger partial charge in [0, 0.05) is 26.2 Å². The van der Waals surface area contributed by atoms with E-state index in [0.717, 1.165) is 0 Å². The van der Waals surface area contributed by atoms with Crippen LogP contribution in [0.3, 0.4) is 0 Å². The molecule has 0 bridgehead atoms. The van der Waals surface area contributed by atoms with E-state index < -0.39 is 12.0 Å². The third kappa shape index (κ3) is 6.06. The highest BCUT2D eigenvalue weighted by atomic mass is 28.2. The van der Waals surface area contributed by atoms with Crippen molar-refractivity contribution in [3.05, 3.63) is 0 Å². The first-order valence-corrected chi connectivity index (χ1v) is 6.28. The summed E-state index contributed by atoms with van der Waals surface area (Å²) in [5, 5.41) is 2.51. The van der Waals surface area contributed by atoms with E-state index in [0.29, 0.717) is 43.1 Å². The molecule has 2 amide bonds. The first-order chi connectivity index (χ1) is 7.60. The van der Waals surface area contributed by atoms with Gasteiger partial charge >= 0.3 is 6.03 Å². The summed E-state index contributed by atoms with van der Waals surface area (Å²) >= 11 is 0. The fourth-order valence-corrected chi connectivity index (χ4v) is 1.80. The normalized spacial score (nSPS) is 11.6. The Morgan fingerprint density at radius 1 is 1.38 bits per heavy atom. The molecule has 0 rings (SSSR count). The SMILES string of the molecule is CCOC(CCCNC(N)=O)(O[SiH3])OCC. The van der Waals surface area contributed by atoms with Gasteiger partial charge in [-0.25, -0.2) is 4.79 Å². The van der Waals surface area contributed by atoms with Gasteiger partial charge in [-0.1, -0.05) is 0 Å². The molecule has 0 unspecified atom stereocenters. The summed E-state index contributed by atoms with van der Waals surface area (Å²) < 4.78 is 16.3. The molecule has 0 aliphatic rings. The number of ether oxygens (including phenoxy) is 2. The van der Waals surface area contributed by atoms with Crippen LogP contribution in [0, 0.1) is 0 Å². The van der Waals surface area contributed by atoms with E-state index >= 15 is 0 Å². The average molecular weight is 250 g/mol. The van der Waals surface area contributed by atoms with Gasteiger partial charge in [-0.15, -0.1) is 0 Å². The van der Waals surface area contributed by atoms with Crippen molar-refractivity contribution in [2.45, 2.75) is 32.7 Å². The maximum absolute atomic E-state index is 10.5. The van der Waals surface area contributed by atoms with Crippen molar-refractivity contribution < 1.29 is 18.7 Å². The quantitative estimate of drug-likeness (QED) is 0.327. The molecule has 0 spiro atoms. The lowest BCUT2D eigenvalue weighted by atomic mass is 10.2. The molecule has 0 saturated carbocycles. The highest BCUT2D eigenvalue weighted by molar-refractivity contribution is 5.98. The Balaban J connectivity index is 4.03. The van der Waals surface area contributed by atoms with E-state index in [9.17, 15) is 4.79 Å². The smallest absolute Gasteiger partial charge is 0.312 e. The highest BCUT2D eigenvalue weighted by Gasteiger charge is 2.29. The van der Waals surface area contributed by atoms with Gasteiger partial charge in [-0.2, -0.15) is 0 Å². The van der Waals surface area contributed by atoms with Crippen LogP contribution in [0.15, 0.2) is 0 Å². The van der Waals surface area contributed by atoms with Crippen LogP contribution in [0.5, 0.6) is 0 Å². The summed E-state index contributed by atoms with van der Waals surface area (Å²) in [6.45, 7) is 5.30. The molecular formula is C9H22N2O4Si. The van der Waals surface area contributed by atoms with Gasteiger partial charge < -0.3 is 25.0 Å². The van der Waals surface area contributed by atoms with Crippen LogP contribution in [0.4, 0.5) is 4.79 Å². The fourth-order valence-electron chi connectivity index (χ4n) is 1.36. The van der Waals surface area contributed by atoms with E-state index in [1.54, 1.807) is 0 Å². The first kappa shape index (κ1) is 15.4. The molecule has 6 nitrogen and oxygen atoms in total. The van der Waals surface area contributed by atoms with Crippen LogP contribution in [0.25, 0.3) is 0 Å². The second-order valence-corrected chi connectivity index (χ2v) is 3.56. The van der Waals surface area contributed by atoms with Gasteiger partial charge in [-0.3, -0.25) is 0 Å². The van der Waals surface area contributed by atoms with Gasteiger partial charge in [0.05, 0.1) is 0 Å². The fraction of sp³-hybridized carbons (Fsp3) is 0.889. The zero-order valence-electron chi connectivity index (χ0n) is 10.2. The van der Waals surface area contributed by atoms with Crippen LogP contribution in [-0.4, -0.2) is 42.2 Å². The molecule has 0 saturated heterocycles. The van der Waals surface area contributed by atoms with Crippen LogP contribution >= 0.6 is 0 Å². The Morgan fingerprint density at radius 3 is 2.31 bits per heavy atom. The second-order valence-electron chi connectivity index (χ2n) is 3.15. The summed E-state index contributed by atoms with van der Waals surface area (Å²) in [5.74, 6) is -0.949. The molecule has 0 aliphatic carbocycles. The van der Waals surface area contributed by atoms with Crippen molar-refractivity contribution in [3.8, 4) is 0 Å². The minimum atomic E-state index is -0.949. The lowest BCUT2D eigenvalue weighted by Crippen LogP contribution is -2.40. The largest absolute Gasteiger partial charge is 0.380 e. The number of nitrogens with two attached hydrogens (primary N) is 1. The molecular weight excluding hydrogens is 228 g/mol. The maximum Gasteiger partial charge on any atom is 0.312 e. The number of rotatable bonds is 9. The predicted molar refractivity (Wildman–Crippen MR) is 63.8 cm³/mol. The van der Waals surface area contributed by atoms with Crippen LogP contribution < -0.4 is 11.1 Å². The third-order valence-corrected chi connectivity index (χ3v) is 2.62. The summed E-state index contributed by atoms with van der Waals surface area (Å²) in [5.41, 5.74) is 4.96. The minimum absolute atomic E-state index is 0.488. The summed E-state index contributed by atoms with van der Waals surface area (Å²) in [7, 11) is 0.528. The molecule has 0 heterocycles. The lowest BCUT2D eigenvalue weighted by Gasteiger charge is -2.31. The van der Waals surface area contributed by atoms with Gasteiger partial charge in [0.2, 0.25) is 0 Å². The zero-order valence-corrected chi connectivity index (χ0v) is 12.2. The summed E-state index contributed by atoms with van der Waals surface area (Å²) in [6, 6.07) is -0.523. The zero-order chi connectivity index (χ0) is 12.4. The van der Waals surface area contributed by atoms with Crippen molar-refractivity contribution in [3.63, 3.8) is 0 Å². The van der Waals surface area contributed by atoms with Crippen molar-refractivity contribution in [1.29, 1.82) is 0 Å². The van der Waals surface area contributed by atoms with Crippen molar-refractivity contribution >= 4 is 16.5 Å². The number of carbonyl (C=O) groups is 1. The molecule has 0 atom stereocenters. The van der Waals surface area contributed by atoms with Crippen molar-refractivity contribution in [1.82, 2.24) is 5.32 Å². The topological polar surface area (TPSA) is 82.8 Å². The molecule has 0 radical (unpaired) electrons. The Hall–Kier alpha value is -0.633. The highest BCUT2D eigenvalue weighted by Crippen LogP contribution is 2.20. The standard InChI is InChI=1S/C9H22N2O4Si/c1-3-13-9(15-16,14-4-2)6-5-7-11-8(10)12/h3-7H2,1-2,16H3,(H3,10,11,12). The van der Waals surface area contributed by atoms with Crippen molar-refractivity contribution in [2.75, 3.05) is 19.8 Å². The number of amides is 2. The number of hydrogen-bond donors (Lipinski definition) is 2. The summed E-state index contributed by atoms with van der Waals surface area (Å²) in [4.78, 5) is 10.5. The molecule has 96 valence electrons. The number of primary amides is 1. The molecule has 0 aromatic rings. The number of hydrogen-bond acceptors (Lipinski definition) is 4. The molecule has 0 aromatic carbocycles. The first-order valence-electron chi connectivity index (χ1n) is 5.46. The molecule has 16 heavy (non-hydrogen) atoms. The van der Waals surface area contributed by atoms with Gasteiger partial charge in [0.15, 0.2) is 10.5 Å². The van der Waals surface area contributed by atoms with E-state index in [4.69, 9.17) is 19.6 Å². The molecule has 0 aliphatic heterocycles. The van der Waals surface area contributed by atoms with Gasteiger partial charge in [0.25, 0.3) is 5.97 Å². The summed E-state index contributed by atoms with van der Waals surface area (Å²) in [6.07, 6.45) is 1.25. The second kappa shape index (κ2) is 8.51. The Morgan fingerprint density at radius 2 is 1.94 bits per heavy atom. The molecule has 3 N–H and O–H groups in total. The van der Waals surface area contributed by atoms with Crippen LogP contribution in [-0.2, 0) is 13.9 Å². The monoisotopic (exact) mass is 250 g/mol. The van der Waals surface area contributed by atoms with E-state index in [1.807, 2.05) is 13.8 Å². The lowest BCUT2D eigenvalue weighted by molar-refractivity contribution is -0.343. The van der Waals surface area contributed by atoms with Gasteiger partial charge in [-0.05, 0) is 20.3 Å². The van der Waals surface area contributed by atoms with Crippen LogP contribution in [0.2, 0.25) is 0 Å². The Labute approximate surface area is 99.3 Å². The molecule has 7 heteroatoms. The molecule has 0 fully saturated rings. The number of urea groups is 1.